The SMILES string of the molecule is O=C(NCCC1CCNC1)C1Cc2ccccc2CN1C(=O)c1ccco1. The Morgan fingerprint density at radius 3 is 2.78 bits per heavy atom. The van der Waals surface area contributed by atoms with Gasteiger partial charge in [-0.2, -0.15) is 0 Å². The smallest absolute Gasteiger partial charge is 0.290 e. The van der Waals surface area contributed by atoms with E-state index in [1.807, 2.05) is 24.3 Å². The van der Waals surface area contributed by atoms with E-state index in [0.29, 0.717) is 25.4 Å². The van der Waals surface area contributed by atoms with Gasteiger partial charge in [-0.1, -0.05) is 24.3 Å². The Morgan fingerprint density at radius 1 is 1.19 bits per heavy atom. The fraction of sp³-hybridized carbons (Fsp3) is 0.429. The summed E-state index contributed by atoms with van der Waals surface area (Å²) in [6.07, 6.45) is 4.14. The molecule has 2 atom stereocenters. The fourth-order valence-electron chi connectivity index (χ4n) is 3.99. The average Bonchev–Trinajstić information content (AvgIpc) is 3.40. The molecule has 1 aromatic heterocycles. The van der Waals surface area contributed by atoms with E-state index in [9.17, 15) is 9.59 Å². The number of rotatable bonds is 5. The molecule has 0 aliphatic carbocycles. The Morgan fingerprint density at radius 2 is 2.04 bits per heavy atom. The van der Waals surface area contributed by atoms with Crippen LogP contribution in [0.25, 0.3) is 0 Å². The topological polar surface area (TPSA) is 74.6 Å². The molecule has 6 heteroatoms. The predicted octanol–water partition coefficient (Wildman–Crippen LogP) is 1.96. The van der Waals surface area contributed by atoms with Crippen LogP contribution in [-0.4, -0.2) is 42.4 Å². The molecule has 6 nitrogen and oxygen atoms in total. The minimum absolute atomic E-state index is 0.0876. The largest absolute Gasteiger partial charge is 0.459 e. The third kappa shape index (κ3) is 3.90. The van der Waals surface area contributed by atoms with Crippen molar-refractivity contribution in [2.45, 2.75) is 31.8 Å². The van der Waals surface area contributed by atoms with Gasteiger partial charge in [-0.25, -0.2) is 0 Å². The molecule has 2 aliphatic rings. The fourth-order valence-corrected chi connectivity index (χ4v) is 3.99. The summed E-state index contributed by atoms with van der Waals surface area (Å²) < 4.78 is 5.28. The normalized spacial score (nSPS) is 21.7. The summed E-state index contributed by atoms with van der Waals surface area (Å²) in [5.41, 5.74) is 2.21. The van der Waals surface area contributed by atoms with Crippen molar-refractivity contribution >= 4 is 11.8 Å². The second-order valence-electron chi connectivity index (χ2n) is 7.34. The number of furan rings is 1. The van der Waals surface area contributed by atoms with Crippen molar-refractivity contribution in [2.75, 3.05) is 19.6 Å². The van der Waals surface area contributed by atoms with Crippen LogP contribution >= 0.6 is 0 Å². The van der Waals surface area contributed by atoms with Crippen molar-refractivity contribution in [1.82, 2.24) is 15.5 Å². The molecule has 2 aliphatic heterocycles. The van der Waals surface area contributed by atoms with Crippen LogP contribution in [-0.2, 0) is 17.8 Å². The third-order valence-electron chi connectivity index (χ3n) is 5.56. The summed E-state index contributed by atoms with van der Waals surface area (Å²) in [4.78, 5) is 27.5. The first-order valence-corrected chi connectivity index (χ1v) is 9.62. The first-order chi connectivity index (χ1) is 13.2. The zero-order chi connectivity index (χ0) is 18.6. The van der Waals surface area contributed by atoms with Crippen LogP contribution in [0.4, 0.5) is 0 Å². The first-order valence-electron chi connectivity index (χ1n) is 9.62. The maximum absolute atomic E-state index is 12.9. The van der Waals surface area contributed by atoms with Gasteiger partial charge in [0.1, 0.15) is 6.04 Å². The van der Waals surface area contributed by atoms with E-state index in [0.717, 1.165) is 37.1 Å². The highest BCUT2D eigenvalue weighted by molar-refractivity contribution is 5.96. The summed E-state index contributed by atoms with van der Waals surface area (Å²) in [5, 5.41) is 6.40. The van der Waals surface area contributed by atoms with E-state index in [2.05, 4.69) is 10.6 Å². The maximum Gasteiger partial charge on any atom is 0.290 e. The summed E-state index contributed by atoms with van der Waals surface area (Å²) in [5.74, 6) is 0.562. The summed E-state index contributed by atoms with van der Waals surface area (Å²) in [7, 11) is 0. The second-order valence-corrected chi connectivity index (χ2v) is 7.34. The number of benzene rings is 1. The van der Waals surface area contributed by atoms with Gasteiger partial charge in [0.2, 0.25) is 5.91 Å². The van der Waals surface area contributed by atoms with Crippen LogP contribution in [0.1, 0.15) is 34.5 Å². The number of nitrogens with zero attached hydrogens (tertiary/aromatic N) is 1. The second kappa shape index (κ2) is 7.96. The molecule has 4 rings (SSSR count). The van der Waals surface area contributed by atoms with Gasteiger partial charge in [0.25, 0.3) is 5.91 Å². The first kappa shape index (κ1) is 17.8. The highest BCUT2D eigenvalue weighted by atomic mass is 16.3. The summed E-state index contributed by atoms with van der Waals surface area (Å²) in [6.45, 7) is 3.14. The lowest BCUT2D eigenvalue weighted by Crippen LogP contribution is -2.52. The number of fused-ring (bicyclic) bond motifs is 1. The maximum atomic E-state index is 12.9. The molecular weight excluding hydrogens is 342 g/mol. The van der Waals surface area contributed by atoms with Crippen molar-refractivity contribution in [3.63, 3.8) is 0 Å². The molecule has 1 fully saturated rings. The van der Waals surface area contributed by atoms with Crippen molar-refractivity contribution in [3.8, 4) is 0 Å². The molecule has 1 saturated heterocycles. The van der Waals surface area contributed by atoms with Gasteiger partial charge in [-0.05, 0) is 55.1 Å². The molecule has 2 unspecified atom stereocenters. The van der Waals surface area contributed by atoms with Crippen LogP contribution in [0.15, 0.2) is 47.1 Å². The zero-order valence-electron chi connectivity index (χ0n) is 15.3. The molecule has 0 spiro atoms. The van der Waals surface area contributed by atoms with Crippen LogP contribution in [0.2, 0.25) is 0 Å². The lowest BCUT2D eigenvalue weighted by molar-refractivity contribution is -0.126. The molecule has 0 bridgehead atoms. The van der Waals surface area contributed by atoms with E-state index in [1.165, 1.54) is 6.26 Å². The number of amides is 2. The molecule has 0 radical (unpaired) electrons. The molecule has 2 aromatic rings. The van der Waals surface area contributed by atoms with Crippen LogP contribution in [0.3, 0.4) is 0 Å². The van der Waals surface area contributed by atoms with Gasteiger partial charge in [0.05, 0.1) is 6.26 Å². The lowest BCUT2D eigenvalue weighted by Gasteiger charge is -2.35. The predicted molar refractivity (Wildman–Crippen MR) is 101 cm³/mol. The molecule has 142 valence electrons. The van der Waals surface area contributed by atoms with E-state index in [-0.39, 0.29) is 17.6 Å². The number of carbonyl (C=O) groups is 2. The number of nitrogens with one attached hydrogen (secondary N) is 2. The third-order valence-corrected chi connectivity index (χ3v) is 5.56. The monoisotopic (exact) mass is 367 g/mol. The van der Waals surface area contributed by atoms with E-state index in [1.54, 1.807) is 17.0 Å². The van der Waals surface area contributed by atoms with Crippen LogP contribution < -0.4 is 10.6 Å². The Balaban J connectivity index is 1.48. The molecular formula is C21H25N3O3. The Labute approximate surface area is 158 Å². The van der Waals surface area contributed by atoms with Gasteiger partial charge in [-0.15, -0.1) is 0 Å². The van der Waals surface area contributed by atoms with Gasteiger partial charge in [-0.3, -0.25) is 9.59 Å². The average molecular weight is 367 g/mol. The zero-order valence-corrected chi connectivity index (χ0v) is 15.3. The lowest BCUT2D eigenvalue weighted by atomic mass is 9.93. The van der Waals surface area contributed by atoms with Crippen molar-refractivity contribution < 1.29 is 14.0 Å². The number of carbonyl (C=O) groups excluding carboxylic acids is 2. The minimum atomic E-state index is -0.515. The highest BCUT2D eigenvalue weighted by Gasteiger charge is 2.35. The summed E-state index contributed by atoms with van der Waals surface area (Å²) in [6, 6.07) is 10.8. The van der Waals surface area contributed by atoms with Gasteiger partial charge >= 0.3 is 0 Å². The van der Waals surface area contributed by atoms with Crippen LogP contribution in [0, 0.1) is 5.92 Å². The highest BCUT2D eigenvalue weighted by Crippen LogP contribution is 2.25. The van der Waals surface area contributed by atoms with Gasteiger partial charge in [0.15, 0.2) is 5.76 Å². The Kier molecular flexibility index (Phi) is 5.25. The quantitative estimate of drug-likeness (QED) is 0.847. The molecule has 0 saturated carbocycles. The number of hydrogen-bond donors (Lipinski definition) is 2. The molecule has 27 heavy (non-hydrogen) atoms. The standard InChI is InChI=1S/C21H25N3O3/c25-20(23-10-8-15-7-9-22-13-15)18-12-16-4-1-2-5-17(16)14-24(18)21(26)19-6-3-11-27-19/h1-6,11,15,18,22H,7-10,12-14H2,(H,23,25). The Hall–Kier alpha value is -2.60. The van der Waals surface area contributed by atoms with Gasteiger partial charge < -0.3 is 20.0 Å². The Bertz CT molecular complexity index is 797. The minimum Gasteiger partial charge on any atom is -0.459 e. The summed E-state index contributed by atoms with van der Waals surface area (Å²) >= 11 is 0. The molecule has 2 N–H and O–H groups in total. The van der Waals surface area contributed by atoms with E-state index >= 15 is 0 Å². The molecule has 3 heterocycles. The van der Waals surface area contributed by atoms with Crippen molar-refractivity contribution in [3.05, 3.63) is 59.5 Å². The van der Waals surface area contributed by atoms with Crippen molar-refractivity contribution in [2.24, 2.45) is 5.92 Å². The molecule has 2 amide bonds. The van der Waals surface area contributed by atoms with Crippen LogP contribution in [0.5, 0.6) is 0 Å². The molecule has 1 aromatic carbocycles. The van der Waals surface area contributed by atoms with Crippen molar-refractivity contribution in [1.29, 1.82) is 0 Å². The van der Waals surface area contributed by atoms with Gasteiger partial charge in [0, 0.05) is 19.5 Å². The van der Waals surface area contributed by atoms with E-state index in [4.69, 9.17) is 4.42 Å². The van der Waals surface area contributed by atoms with E-state index < -0.39 is 6.04 Å². The number of hydrogen-bond acceptors (Lipinski definition) is 4.